The van der Waals surface area contributed by atoms with Crippen molar-refractivity contribution < 1.29 is 0 Å². The Balaban J connectivity index is 2.48. The zero-order valence-electron chi connectivity index (χ0n) is 11.3. The Kier molecular flexibility index (Phi) is 5.38. The second kappa shape index (κ2) is 6.57. The van der Waals surface area contributed by atoms with Gasteiger partial charge < -0.3 is 15.5 Å². The largest absolute Gasteiger partial charge is 0.360 e. The second-order valence-corrected chi connectivity index (χ2v) is 4.82. The van der Waals surface area contributed by atoms with Crippen LogP contribution in [0.4, 0.5) is 5.82 Å². The average molecular weight is 236 g/mol. The van der Waals surface area contributed by atoms with E-state index in [1.165, 1.54) is 0 Å². The molecule has 0 fully saturated rings. The predicted octanol–water partition coefficient (Wildman–Crippen LogP) is 1.49. The van der Waals surface area contributed by atoms with Crippen molar-refractivity contribution >= 4 is 5.82 Å². The lowest BCUT2D eigenvalue weighted by molar-refractivity contribution is 0.401. The van der Waals surface area contributed by atoms with Gasteiger partial charge in [-0.05, 0) is 45.6 Å². The van der Waals surface area contributed by atoms with Gasteiger partial charge in [0.25, 0.3) is 0 Å². The topological polar surface area (TPSA) is 45.4 Å². The lowest BCUT2D eigenvalue weighted by atomic mass is 10.1. The van der Waals surface area contributed by atoms with Crippen molar-refractivity contribution in [3.8, 4) is 0 Å². The first-order valence-corrected chi connectivity index (χ1v) is 6.08. The summed E-state index contributed by atoms with van der Waals surface area (Å²) in [6.45, 7) is 4.09. The minimum atomic E-state index is 0.0515. The first kappa shape index (κ1) is 13.9. The molecule has 1 aromatic heterocycles. The van der Waals surface area contributed by atoms with Crippen LogP contribution >= 0.6 is 0 Å². The fourth-order valence-corrected chi connectivity index (χ4v) is 1.63. The van der Waals surface area contributed by atoms with Gasteiger partial charge in [0.1, 0.15) is 5.82 Å². The van der Waals surface area contributed by atoms with Gasteiger partial charge in [-0.2, -0.15) is 0 Å². The Morgan fingerprint density at radius 3 is 2.41 bits per heavy atom. The van der Waals surface area contributed by atoms with Crippen LogP contribution in [0.3, 0.4) is 0 Å². The van der Waals surface area contributed by atoms with Crippen LogP contribution in [0.15, 0.2) is 18.3 Å². The van der Waals surface area contributed by atoms with Crippen molar-refractivity contribution in [3.05, 3.63) is 23.9 Å². The number of pyridine rings is 1. The highest BCUT2D eigenvalue weighted by molar-refractivity contribution is 5.38. The third kappa shape index (κ3) is 4.71. The van der Waals surface area contributed by atoms with E-state index in [4.69, 9.17) is 5.73 Å². The van der Waals surface area contributed by atoms with E-state index in [2.05, 4.69) is 42.0 Å². The molecule has 0 aliphatic heterocycles. The van der Waals surface area contributed by atoms with E-state index in [1.54, 1.807) is 0 Å². The van der Waals surface area contributed by atoms with Crippen LogP contribution in [0, 0.1) is 0 Å². The van der Waals surface area contributed by atoms with E-state index in [0.29, 0.717) is 0 Å². The second-order valence-electron chi connectivity index (χ2n) is 4.82. The van der Waals surface area contributed by atoms with Crippen LogP contribution in [0.2, 0.25) is 0 Å². The van der Waals surface area contributed by atoms with Crippen molar-refractivity contribution in [2.24, 2.45) is 5.73 Å². The molecule has 0 radical (unpaired) electrons. The Morgan fingerprint density at radius 2 is 1.94 bits per heavy atom. The molecule has 0 aliphatic carbocycles. The summed E-state index contributed by atoms with van der Waals surface area (Å²) in [7, 11) is 6.26. The van der Waals surface area contributed by atoms with Crippen LogP contribution < -0.4 is 10.6 Å². The highest BCUT2D eigenvalue weighted by Crippen LogP contribution is 2.13. The summed E-state index contributed by atoms with van der Waals surface area (Å²) in [6, 6.07) is 4.14. The zero-order chi connectivity index (χ0) is 12.8. The Hall–Kier alpha value is -1.13. The molecule has 4 nitrogen and oxygen atoms in total. The van der Waals surface area contributed by atoms with E-state index in [-0.39, 0.29) is 6.04 Å². The summed E-state index contributed by atoms with van der Waals surface area (Å²) in [5.41, 5.74) is 6.87. The molecule has 1 aromatic rings. The van der Waals surface area contributed by atoms with Crippen molar-refractivity contribution in [2.75, 3.05) is 39.1 Å². The highest BCUT2D eigenvalue weighted by atomic mass is 15.2. The highest BCUT2D eigenvalue weighted by Gasteiger charge is 2.04. The molecule has 96 valence electrons. The molecule has 1 heterocycles. The first-order chi connectivity index (χ1) is 8.00. The van der Waals surface area contributed by atoms with Gasteiger partial charge in [0, 0.05) is 25.8 Å². The summed E-state index contributed by atoms with van der Waals surface area (Å²) in [5, 5.41) is 0. The number of nitrogens with two attached hydrogens (primary N) is 1. The van der Waals surface area contributed by atoms with Gasteiger partial charge in [-0.25, -0.2) is 4.98 Å². The molecule has 0 aliphatic rings. The molecule has 4 heteroatoms. The van der Waals surface area contributed by atoms with Crippen LogP contribution in [0.5, 0.6) is 0 Å². The van der Waals surface area contributed by atoms with E-state index >= 15 is 0 Å². The standard InChI is InChI=1S/C13H24N4/c1-11(14)12-6-7-13(15-10-12)17(4)9-5-8-16(2)3/h6-7,10-11H,5,8-9,14H2,1-4H3. The first-order valence-electron chi connectivity index (χ1n) is 6.08. The summed E-state index contributed by atoms with van der Waals surface area (Å²) >= 11 is 0. The van der Waals surface area contributed by atoms with Gasteiger partial charge in [0.15, 0.2) is 0 Å². The van der Waals surface area contributed by atoms with Crippen molar-refractivity contribution in [1.82, 2.24) is 9.88 Å². The molecule has 17 heavy (non-hydrogen) atoms. The van der Waals surface area contributed by atoms with Crippen molar-refractivity contribution in [2.45, 2.75) is 19.4 Å². The maximum atomic E-state index is 5.79. The number of hydrogen-bond donors (Lipinski definition) is 1. The number of hydrogen-bond acceptors (Lipinski definition) is 4. The van der Waals surface area contributed by atoms with Gasteiger partial charge in [-0.3, -0.25) is 0 Å². The van der Waals surface area contributed by atoms with Gasteiger partial charge in [-0.15, -0.1) is 0 Å². The molecule has 1 unspecified atom stereocenters. The lowest BCUT2D eigenvalue weighted by Crippen LogP contribution is -2.24. The molecular formula is C13H24N4. The number of nitrogens with zero attached hydrogens (tertiary/aromatic N) is 3. The van der Waals surface area contributed by atoms with E-state index in [0.717, 1.165) is 30.9 Å². The van der Waals surface area contributed by atoms with Crippen LogP contribution in [0.1, 0.15) is 24.9 Å². The third-order valence-corrected chi connectivity index (χ3v) is 2.79. The molecule has 0 saturated heterocycles. The zero-order valence-corrected chi connectivity index (χ0v) is 11.3. The van der Waals surface area contributed by atoms with Gasteiger partial charge >= 0.3 is 0 Å². The van der Waals surface area contributed by atoms with E-state index in [9.17, 15) is 0 Å². The van der Waals surface area contributed by atoms with Crippen molar-refractivity contribution in [3.63, 3.8) is 0 Å². The number of anilines is 1. The van der Waals surface area contributed by atoms with Crippen LogP contribution in [0.25, 0.3) is 0 Å². The Morgan fingerprint density at radius 1 is 1.24 bits per heavy atom. The summed E-state index contributed by atoms with van der Waals surface area (Å²) in [5.74, 6) is 1.01. The van der Waals surface area contributed by atoms with Gasteiger partial charge in [0.05, 0.1) is 0 Å². The smallest absolute Gasteiger partial charge is 0.128 e. The van der Waals surface area contributed by atoms with Crippen LogP contribution in [-0.4, -0.2) is 44.1 Å². The Labute approximate surface area is 104 Å². The molecule has 2 N–H and O–H groups in total. The van der Waals surface area contributed by atoms with E-state index in [1.807, 2.05) is 19.2 Å². The molecule has 0 bridgehead atoms. The molecule has 0 saturated carbocycles. The SMILES string of the molecule is CC(N)c1ccc(N(C)CCCN(C)C)nc1. The Bertz CT molecular complexity index is 319. The minimum absolute atomic E-state index is 0.0515. The molecular weight excluding hydrogens is 212 g/mol. The monoisotopic (exact) mass is 236 g/mol. The fraction of sp³-hybridized carbons (Fsp3) is 0.615. The molecule has 0 amide bonds. The molecule has 1 rings (SSSR count). The van der Waals surface area contributed by atoms with Crippen LogP contribution in [-0.2, 0) is 0 Å². The maximum absolute atomic E-state index is 5.79. The average Bonchev–Trinajstić information content (AvgIpc) is 2.28. The third-order valence-electron chi connectivity index (χ3n) is 2.79. The number of rotatable bonds is 6. The maximum Gasteiger partial charge on any atom is 0.128 e. The summed E-state index contributed by atoms with van der Waals surface area (Å²) in [6.07, 6.45) is 3.00. The normalized spacial score (nSPS) is 12.8. The minimum Gasteiger partial charge on any atom is -0.360 e. The lowest BCUT2D eigenvalue weighted by Gasteiger charge is -2.19. The van der Waals surface area contributed by atoms with E-state index < -0.39 is 0 Å². The van der Waals surface area contributed by atoms with Gasteiger partial charge in [0.2, 0.25) is 0 Å². The quantitative estimate of drug-likeness (QED) is 0.813. The summed E-state index contributed by atoms with van der Waals surface area (Å²) in [4.78, 5) is 8.80. The molecule has 0 spiro atoms. The predicted molar refractivity (Wildman–Crippen MR) is 73.3 cm³/mol. The molecule has 0 aromatic carbocycles. The fourth-order valence-electron chi connectivity index (χ4n) is 1.63. The summed E-state index contributed by atoms with van der Waals surface area (Å²) < 4.78 is 0. The van der Waals surface area contributed by atoms with Gasteiger partial charge in [-0.1, -0.05) is 6.07 Å². The van der Waals surface area contributed by atoms with Crippen molar-refractivity contribution in [1.29, 1.82) is 0 Å². The molecule has 1 atom stereocenters. The number of aromatic nitrogens is 1.